The Balaban J connectivity index is 3.07. The van der Waals surface area contributed by atoms with E-state index in [0.29, 0.717) is 21.9 Å². The van der Waals surface area contributed by atoms with Crippen molar-refractivity contribution >= 4 is 35.0 Å². The second-order valence-corrected chi connectivity index (χ2v) is 3.87. The lowest BCUT2D eigenvalue weighted by Crippen LogP contribution is -2.24. The number of amides is 1. The Bertz CT molecular complexity index is 363. The van der Waals surface area contributed by atoms with Gasteiger partial charge >= 0.3 is 0 Å². The molecule has 0 fully saturated rings. The summed E-state index contributed by atoms with van der Waals surface area (Å²) >= 11 is 9.01. The molecule has 0 unspecified atom stereocenters. The third-order valence-corrected chi connectivity index (χ3v) is 2.20. The summed E-state index contributed by atoms with van der Waals surface area (Å²) in [5, 5.41) is 2.72. The van der Waals surface area contributed by atoms with Crippen molar-refractivity contribution in [1.29, 1.82) is 0 Å². The van der Waals surface area contributed by atoms with E-state index in [4.69, 9.17) is 12.2 Å². The van der Waals surface area contributed by atoms with Crippen LogP contribution < -0.4 is 5.32 Å². The maximum Gasteiger partial charge on any atom is 0.251 e. The number of hydrogen-bond donors (Lipinski definition) is 2. The van der Waals surface area contributed by atoms with Crippen molar-refractivity contribution in [3.8, 4) is 0 Å². The Morgan fingerprint density at radius 2 is 2.00 bits per heavy atom. The minimum absolute atomic E-state index is 0.112. The predicted octanol–water partition coefficient (Wildman–Crippen LogP) is 2.04. The molecule has 74 valence electrons. The van der Waals surface area contributed by atoms with Crippen molar-refractivity contribution in [3.05, 3.63) is 35.4 Å². The van der Waals surface area contributed by atoms with Crippen LogP contribution in [-0.4, -0.2) is 16.6 Å². The molecule has 1 amide bonds. The summed E-state index contributed by atoms with van der Waals surface area (Å²) in [5.74, 6) is -0.112. The molecule has 1 rings (SSSR count). The highest BCUT2D eigenvalue weighted by Crippen LogP contribution is 2.12. The molecule has 0 saturated carbocycles. The molecule has 2 nitrogen and oxygen atoms in total. The van der Waals surface area contributed by atoms with Crippen molar-refractivity contribution in [2.45, 2.75) is 6.92 Å². The molecule has 0 aliphatic rings. The fourth-order valence-corrected chi connectivity index (χ4v) is 1.50. The van der Waals surface area contributed by atoms with Gasteiger partial charge in [-0.25, -0.2) is 0 Å². The van der Waals surface area contributed by atoms with Gasteiger partial charge in [0.25, 0.3) is 5.91 Å². The van der Waals surface area contributed by atoms with Gasteiger partial charge in [0, 0.05) is 17.7 Å². The molecule has 0 spiro atoms. The number of carbonyl (C=O) groups excluding carboxylic acids is 1. The van der Waals surface area contributed by atoms with Crippen LogP contribution in [0.5, 0.6) is 0 Å². The molecule has 4 heteroatoms. The molecule has 0 bridgehead atoms. The molecular formula is C10H11NOS2. The lowest BCUT2D eigenvalue weighted by Gasteiger charge is -2.06. The monoisotopic (exact) mass is 225 g/mol. The molecule has 0 saturated heterocycles. The Labute approximate surface area is 94.1 Å². The van der Waals surface area contributed by atoms with Gasteiger partial charge in [0.05, 0.1) is 4.20 Å². The van der Waals surface area contributed by atoms with Gasteiger partial charge in [-0.1, -0.05) is 30.4 Å². The van der Waals surface area contributed by atoms with Crippen LogP contribution in [0.25, 0.3) is 0 Å². The van der Waals surface area contributed by atoms with E-state index in [2.05, 4.69) is 17.9 Å². The number of hydrogen-bond acceptors (Lipinski definition) is 2. The normalized spacial score (nSPS) is 9.57. The fourth-order valence-electron chi connectivity index (χ4n) is 1.12. The van der Waals surface area contributed by atoms with E-state index in [0.717, 1.165) is 0 Å². The smallest absolute Gasteiger partial charge is 0.251 e. The molecule has 14 heavy (non-hydrogen) atoms. The first-order valence-corrected chi connectivity index (χ1v) is 5.13. The second kappa shape index (κ2) is 5.12. The van der Waals surface area contributed by atoms with E-state index in [1.165, 1.54) is 0 Å². The molecular weight excluding hydrogens is 214 g/mol. The largest absolute Gasteiger partial charge is 0.352 e. The van der Waals surface area contributed by atoms with Gasteiger partial charge in [0.2, 0.25) is 0 Å². The van der Waals surface area contributed by atoms with Crippen LogP contribution in [0.4, 0.5) is 0 Å². The highest BCUT2D eigenvalue weighted by molar-refractivity contribution is 8.11. The molecule has 1 aromatic rings. The van der Waals surface area contributed by atoms with Gasteiger partial charge in [-0.2, -0.15) is 0 Å². The van der Waals surface area contributed by atoms with Crippen LogP contribution in [0, 0.1) is 0 Å². The van der Waals surface area contributed by atoms with E-state index in [1.807, 2.05) is 13.0 Å². The van der Waals surface area contributed by atoms with E-state index >= 15 is 0 Å². The first kappa shape index (κ1) is 11.2. The van der Waals surface area contributed by atoms with E-state index in [-0.39, 0.29) is 5.91 Å². The molecule has 0 heterocycles. The zero-order valence-electron chi connectivity index (χ0n) is 7.78. The summed E-state index contributed by atoms with van der Waals surface area (Å²) in [4.78, 5) is 11.6. The number of nitrogens with one attached hydrogen (secondary N) is 1. The maximum atomic E-state index is 11.6. The first-order valence-electron chi connectivity index (χ1n) is 4.27. The van der Waals surface area contributed by atoms with Crippen molar-refractivity contribution in [3.63, 3.8) is 0 Å². The summed E-state index contributed by atoms with van der Waals surface area (Å²) in [7, 11) is 0. The van der Waals surface area contributed by atoms with Crippen LogP contribution in [0.15, 0.2) is 24.3 Å². The third-order valence-electron chi connectivity index (χ3n) is 1.74. The molecule has 0 aliphatic heterocycles. The van der Waals surface area contributed by atoms with E-state index in [1.54, 1.807) is 18.2 Å². The third kappa shape index (κ3) is 2.56. The lowest BCUT2D eigenvalue weighted by atomic mass is 10.1. The summed E-state index contributed by atoms with van der Waals surface area (Å²) in [5.41, 5.74) is 1.28. The Morgan fingerprint density at radius 3 is 2.50 bits per heavy atom. The van der Waals surface area contributed by atoms with Gasteiger partial charge in [-0.3, -0.25) is 4.79 Å². The summed E-state index contributed by atoms with van der Waals surface area (Å²) in [6.07, 6.45) is 0. The van der Waals surface area contributed by atoms with Crippen molar-refractivity contribution in [2.24, 2.45) is 0 Å². The Hall–Kier alpha value is -0.870. The standard InChI is InChI=1S/C10H11NOS2/c1-2-11-9(12)7-5-3-4-6-8(7)10(13)14/h3-6H,2H2,1H3,(H,11,12)(H,13,14). The van der Waals surface area contributed by atoms with Crippen LogP contribution in [0.3, 0.4) is 0 Å². The van der Waals surface area contributed by atoms with Crippen LogP contribution >= 0.6 is 24.8 Å². The average molecular weight is 225 g/mol. The molecule has 0 aliphatic carbocycles. The summed E-state index contributed by atoms with van der Waals surface area (Å²) in [6, 6.07) is 7.17. The first-order chi connectivity index (χ1) is 6.66. The molecule has 0 atom stereocenters. The van der Waals surface area contributed by atoms with Gasteiger partial charge in [0.1, 0.15) is 0 Å². The number of carbonyl (C=O) groups is 1. The van der Waals surface area contributed by atoms with Crippen LogP contribution in [0.2, 0.25) is 0 Å². The second-order valence-electron chi connectivity index (χ2n) is 2.71. The molecule has 0 aromatic heterocycles. The highest BCUT2D eigenvalue weighted by atomic mass is 32.1. The van der Waals surface area contributed by atoms with Gasteiger partial charge in [-0.15, -0.1) is 12.6 Å². The minimum atomic E-state index is -0.112. The van der Waals surface area contributed by atoms with Gasteiger partial charge in [0.15, 0.2) is 0 Å². The predicted molar refractivity (Wildman–Crippen MR) is 65.1 cm³/mol. The van der Waals surface area contributed by atoms with E-state index < -0.39 is 0 Å². The fraction of sp³-hybridized carbons (Fsp3) is 0.200. The number of rotatable bonds is 3. The number of thiol groups is 1. The van der Waals surface area contributed by atoms with Gasteiger partial charge < -0.3 is 5.32 Å². The minimum Gasteiger partial charge on any atom is -0.352 e. The SMILES string of the molecule is CCNC(=O)c1ccccc1C(=S)S. The summed E-state index contributed by atoms with van der Waals surface area (Å²) in [6.45, 7) is 2.48. The Kier molecular flexibility index (Phi) is 4.10. The van der Waals surface area contributed by atoms with E-state index in [9.17, 15) is 4.79 Å². The maximum absolute atomic E-state index is 11.6. The quantitative estimate of drug-likeness (QED) is 0.609. The number of benzene rings is 1. The topological polar surface area (TPSA) is 29.1 Å². The van der Waals surface area contributed by atoms with Crippen molar-refractivity contribution < 1.29 is 4.79 Å². The van der Waals surface area contributed by atoms with Crippen LogP contribution in [-0.2, 0) is 0 Å². The summed E-state index contributed by atoms with van der Waals surface area (Å²) < 4.78 is 0.437. The lowest BCUT2D eigenvalue weighted by molar-refractivity contribution is 0.0956. The molecule has 1 aromatic carbocycles. The van der Waals surface area contributed by atoms with Gasteiger partial charge in [-0.05, 0) is 13.0 Å². The van der Waals surface area contributed by atoms with Crippen LogP contribution in [0.1, 0.15) is 22.8 Å². The zero-order valence-corrected chi connectivity index (χ0v) is 9.49. The number of thiocarbonyl (C=S) groups is 1. The molecule has 1 N–H and O–H groups in total. The highest BCUT2D eigenvalue weighted by Gasteiger charge is 2.10. The average Bonchev–Trinajstić information content (AvgIpc) is 2.18. The van der Waals surface area contributed by atoms with Crippen molar-refractivity contribution in [2.75, 3.05) is 6.54 Å². The zero-order chi connectivity index (χ0) is 10.6. The molecule has 0 radical (unpaired) electrons. The van der Waals surface area contributed by atoms with Crippen molar-refractivity contribution in [1.82, 2.24) is 5.32 Å². The Morgan fingerprint density at radius 1 is 1.43 bits per heavy atom.